The maximum Gasteiger partial charge on any atom is 0.315 e. The second-order valence-corrected chi connectivity index (χ2v) is 7.25. The number of carbonyl (C=O) groups is 1. The van der Waals surface area contributed by atoms with Crippen LogP contribution in [0.2, 0.25) is 0 Å². The van der Waals surface area contributed by atoms with Crippen molar-refractivity contribution in [3.8, 4) is 11.8 Å². The number of carbonyl (C=O) groups excluding carboxylic acids is 1. The highest BCUT2D eigenvalue weighted by atomic mass is 19.1. The van der Waals surface area contributed by atoms with Gasteiger partial charge in [0.15, 0.2) is 11.5 Å². The number of aromatic hydroxyl groups is 1. The van der Waals surface area contributed by atoms with Crippen molar-refractivity contribution in [3.63, 3.8) is 0 Å². The molecule has 1 unspecified atom stereocenters. The van der Waals surface area contributed by atoms with Crippen LogP contribution in [-0.4, -0.2) is 27.2 Å². The standard InChI is InChI=1S/C22H17F2N5O3/c23-16-5-1-13(2-6-16)10-26-21(31)18-19(30)22(32)29-20(27-18)15(9-25)12-28(29)11-14-3-7-17(24)8-4-14/h1-8,15,30H,10-12H2,(H,26,31). The summed E-state index contributed by atoms with van der Waals surface area (Å²) < 4.78 is 27.3. The summed E-state index contributed by atoms with van der Waals surface area (Å²) in [6.45, 7) is 0.301. The molecule has 0 aliphatic carbocycles. The number of halogens is 2. The third-order valence-electron chi connectivity index (χ3n) is 5.07. The highest BCUT2D eigenvalue weighted by molar-refractivity contribution is 5.94. The summed E-state index contributed by atoms with van der Waals surface area (Å²) in [4.78, 5) is 29.5. The summed E-state index contributed by atoms with van der Waals surface area (Å²) in [6, 6.07) is 13.2. The fourth-order valence-electron chi connectivity index (χ4n) is 3.45. The van der Waals surface area contributed by atoms with E-state index in [9.17, 15) is 28.7 Å². The highest BCUT2D eigenvalue weighted by Gasteiger charge is 2.34. The number of hydrogen-bond donors (Lipinski definition) is 2. The summed E-state index contributed by atoms with van der Waals surface area (Å²) in [5.74, 6) is -3.26. The lowest BCUT2D eigenvalue weighted by atomic mass is 10.1. The van der Waals surface area contributed by atoms with Crippen LogP contribution < -0.4 is 15.9 Å². The predicted octanol–water partition coefficient (Wildman–Crippen LogP) is 1.92. The van der Waals surface area contributed by atoms with Crippen molar-refractivity contribution in [2.75, 3.05) is 11.6 Å². The molecule has 4 rings (SSSR count). The van der Waals surface area contributed by atoms with Crippen LogP contribution in [0.25, 0.3) is 0 Å². The molecule has 0 saturated carbocycles. The molecule has 1 amide bonds. The number of hydrogen-bond acceptors (Lipinski definition) is 6. The molecule has 1 atom stereocenters. The van der Waals surface area contributed by atoms with E-state index in [-0.39, 0.29) is 25.5 Å². The van der Waals surface area contributed by atoms with Crippen LogP contribution in [0.15, 0.2) is 53.3 Å². The number of nitrogens with zero attached hydrogens (tertiary/aromatic N) is 4. The molecule has 2 N–H and O–H groups in total. The quantitative estimate of drug-likeness (QED) is 0.631. The molecule has 1 aliphatic heterocycles. The Hall–Kier alpha value is -4.26. The third-order valence-corrected chi connectivity index (χ3v) is 5.07. The van der Waals surface area contributed by atoms with E-state index in [1.165, 1.54) is 41.4 Å². The molecule has 2 heterocycles. The Labute approximate surface area is 180 Å². The minimum Gasteiger partial charge on any atom is -0.501 e. The summed E-state index contributed by atoms with van der Waals surface area (Å²) in [5, 5.41) is 23.9. The molecule has 162 valence electrons. The molecule has 0 spiro atoms. The van der Waals surface area contributed by atoms with Crippen molar-refractivity contribution in [2.24, 2.45) is 0 Å². The van der Waals surface area contributed by atoms with Gasteiger partial charge in [0.05, 0.1) is 19.2 Å². The largest absolute Gasteiger partial charge is 0.501 e. The first kappa shape index (κ1) is 21.0. The average Bonchev–Trinajstić information content (AvgIpc) is 3.14. The van der Waals surface area contributed by atoms with Gasteiger partial charge < -0.3 is 15.4 Å². The van der Waals surface area contributed by atoms with Gasteiger partial charge in [0.1, 0.15) is 17.6 Å². The Kier molecular flexibility index (Phi) is 5.55. The van der Waals surface area contributed by atoms with E-state index in [1.807, 2.05) is 6.07 Å². The number of nitrogens with one attached hydrogen (secondary N) is 1. The van der Waals surface area contributed by atoms with Gasteiger partial charge >= 0.3 is 5.56 Å². The number of benzene rings is 2. The van der Waals surface area contributed by atoms with Crippen LogP contribution in [0.5, 0.6) is 5.75 Å². The summed E-state index contributed by atoms with van der Waals surface area (Å²) in [5.41, 5.74) is -0.0880. The lowest BCUT2D eigenvalue weighted by Crippen LogP contribution is -2.40. The van der Waals surface area contributed by atoms with Gasteiger partial charge in [-0.3, -0.25) is 9.59 Å². The molecular weight excluding hydrogens is 420 g/mol. The monoisotopic (exact) mass is 437 g/mol. The smallest absolute Gasteiger partial charge is 0.315 e. The highest BCUT2D eigenvalue weighted by Crippen LogP contribution is 2.24. The van der Waals surface area contributed by atoms with E-state index in [2.05, 4.69) is 10.3 Å². The predicted molar refractivity (Wildman–Crippen MR) is 109 cm³/mol. The Morgan fingerprint density at radius 3 is 2.31 bits per heavy atom. The van der Waals surface area contributed by atoms with Crippen LogP contribution in [-0.2, 0) is 13.1 Å². The second kappa shape index (κ2) is 8.47. The Bertz CT molecular complexity index is 1270. The van der Waals surface area contributed by atoms with E-state index >= 15 is 0 Å². The van der Waals surface area contributed by atoms with E-state index in [0.717, 1.165) is 4.68 Å². The molecule has 8 nitrogen and oxygen atoms in total. The lowest BCUT2D eigenvalue weighted by Gasteiger charge is -2.21. The summed E-state index contributed by atoms with van der Waals surface area (Å²) in [7, 11) is 0. The topological polar surface area (TPSA) is 111 Å². The molecule has 10 heteroatoms. The van der Waals surface area contributed by atoms with E-state index in [4.69, 9.17) is 0 Å². The Morgan fingerprint density at radius 2 is 1.72 bits per heavy atom. The van der Waals surface area contributed by atoms with Gasteiger partial charge in [-0.25, -0.2) is 18.4 Å². The van der Waals surface area contributed by atoms with Crippen molar-refractivity contribution in [1.82, 2.24) is 15.0 Å². The molecule has 3 aromatic rings. The van der Waals surface area contributed by atoms with Gasteiger partial charge in [-0.05, 0) is 35.4 Å². The van der Waals surface area contributed by atoms with Crippen LogP contribution in [0.4, 0.5) is 8.78 Å². The molecule has 2 aromatic carbocycles. The van der Waals surface area contributed by atoms with Gasteiger partial charge in [0.25, 0.3) is 5.91 Å². The molecular formula is C22H17F2N5O3. The maximum absolute atomic E-state index is 13.2. The van der Waals surface area contributed by atoms with Crippen molar-refractivity contribution >= 4 is 5.91 Å². The van der Waals surface area contributed by atoms with E-state index in [1.54, 1.807) is 12.1 Å². The molecule has 0 radical (unpaired) electrons. The molecule has 1 aliphatic rings. The van der Waals surface area contributed by atoms with Gasteiger partial charge in [0.2, 0.25) is 5.75 Å². The number of nitriles is 1. The molecule has 32 heavy (non-hydrogen) atoms. The number of aromatic nitrogens is 2. The fraction of sp³-hybridized carbons (Fsp3) is 0.182. The van der Waals surface area contributed by atoms with Crippen molar-refractivity contribution in [1.29, 1.82) is 5.26 Å². The Morgan fingerprint density at radius 1 is 1.12 bits per heavy atom. The SMILES string of the molecule is N#CC1CN(Cc2ccc(F)cc2)n2c1nc(C(=O)NCc1ccc(F)cc1)c(O)c2=O. The normalized spacial score (nSPS) is 14.7. The molecule has 0 saturated heterocycles. The molecule has 0 bridgehead atoms. The first-order chi connectivity index (χ1) is 15.4. The minimum absolute atomic E-state index is 0.0248. The fourth-order valence-corrected chi connectivity index (χ4v) is 3.45. The minimum atomic E-state index is -0.887. The Balaban J connectivity index is 1.61. The van der Waals surface area contributed by atoms with Gasteiger partial charge in [-0.2, -0.15) is 5.26 Å². The van der Waals surface area contributed by atoms with Crippen LogP contribution >= 0.6 is 0 Å². The van der Waals surface area contributed by atoms with Gasteiger partial charge in [0, 0.05) is 6.54 Å². The lowest BCUT2D eigenvalue weighted by molar-refractivity contribution is 0.0941. The zero-order valence-electron chi connectivity index (χ0n) is 16.6. The number of fused-ring (bicyclic) bond motifs is 1. The van der Waals surface area contributed by atoms with Crippen LogP contribution in [0.1, 0.15) is 33.4 Å². The molecule has 1 aromatic heterocycles. The van der Waals surface area contributed by atoms with Gasteiger partial charge in [-0.1, -0.05) is 24.3 Å². The average molecular weight is 437 g/mol. The second-order valence-electron chi connectivity index (χ2n) is 7.25. The first-order valence-corrected chi connectivity index (χ1v) is 9.65. The van der Waals surface area contributed by atoms with Crippen molar-refractivity contribution in [3.05, 3.63) is 93.2 Å². The first-order valence-electron chi connectivity index (χ1n) is 9.65. The van der Waals surface area contributed by atoms with E-state index in [0.29, 0.717) is 11.1 Å². The van der Waals surface area contributed by atoms with Crippen LogP contribution in [0, 0.1) is 23.0 Å². The zero-order valence-corrected chi connectivity index (χ0v) is 16.6. The summed E-state index contributed by atoms with van der Waals surface area (Å²) in [6.07, 6.45) is 0. The van der Waals surface area contributed by atoms with E-state index < -0.39 is 40.5 Å². The van der Waals surface area contributed by atoms with Crippen LogP contribution in [0.3, 0.4) is 0 Å². The number of amides is 1. The van der Waals surface area contributed by atoms with Crippen molar-refractivity contribution in [2.45, 2.75) is 19.0 Å². The summed E-state index contributed by atoms with van der Waals surface area (Å²) >= 11 is 0. The maximum atomic E-state index is 13.2. The van der Waals surface area contributed by atoms with Crippen molar-refractivity contribution < 1.29 is 18.7 Å². The molecule has 0 fully saturated rings. The zero-order chi connectivity index (χ0) is 22.8. The number of rotatable bonds is 5. The van der Waals surface area contributed by atoms with Gasteiger partial charge in [-0.15, -0.1) is 0 Å². The third kappa shape index (κ3) is 4.00.